The third kappa shape index (κ3) is 3.96. The first-order valence-corrected chi connectivity index (χ1v) is 6.17. The van der Waals surface area contributed by atoms with E-state index in [1.165, 1.54) is 4.90 Å². The number of rotatable bonds is 3. The van der Waals surface area contributed by atoms with Crippen molar-refractivity contribution in [3.05, 3.63) is 28.7 Å². The molecular weight excluding hydrogens is 298 g/mol. The van der Waals surface area contributed by atoms with Crippen LogP contribution in [0.4, 0.5) is 4.79 Å². The second-order valence-corrected chi connectivity index (χ2v) is 4.13. The van der Waals surface area contributed by atoms with Gasteiger partial charge in [-0.1, -0.05) is 15.9 Å². The molecule has 0 atom stereocenters. The van der Waals surface area contributed by atoms with Crippen molar-refractivity contribution >= 4 is 47.3 Å². The van der Waals surface area contributed by atoms with Gasteiger partial charge in [0.25, 0.3) is 0 Å². The maximum absolute atomic E-state index is 11.5. The quantitative estimate of drug-likeness (QED) is 0.664. The zero-order valence-corrected chi connectivity index (χ0v) is 11.1. The second-order valence-electron chi connectivity index (χ2n) is 2.64. The van der Waals surface area contributed by atoms with Gasteiger partial charge in [-0.25, -0.2) is 4.79 Å². The molecule has 1 amide bonds. The molecule has 0 radical (unpaired) electrons. The molecule has 0 fully saturated rings. The van der Waals surface area contributed by atoms with E-state index in [1.54, 1.807) is 24.3 Å². The average molecular weight is 308 g/mol. The Morgan fingerprint density at radius 3 is 2.27 bits per heavy atom. The van der Waals surface area contributed by atoms with Crippen LogP contribution in [0.15, 0.2) is 28.7 Å². The molecular formula is C9H10BrNO2S2. The van der Waals surface area contributed by atoms with Crippen molar-refractivity contribution in [3.63, 3.8) is 0 Å². The van der Waals surface area contributed by atoms with Crippen molar-refractivity contribution in [2.24, 2.45) is 0 Å². The van der Waals surface area contributed by atoms with E-state index in [-0.39, 0.29) is 11.8 Å². The summed E-state index contributed by atoms with van der Waals surface area (Å²) in [7, 11) is 0. The third-order valence-corrected chi connectivity index (χ3v) is 2.83. The van der Waals surface area contributed by atoms with Crippen LogP contribution < -0.4 is 4.74 Å². The molecule has 0 unspecified atom stereocenters. The predicted octanol–water partition coefficient (Wildman–Crippen LogP) is 3.02. The van der Waals surface area contributed by atoms with E-state index in [1.807, 2.05) is 0 Å². The molecule has 0 aromatic heterocycles. The van der Waals surface area contributed by atoms with Crippen LogP contribution in [0.3, 0.4) is 0 Å². The molecule has 1 aromatic carbocycles. The lowest BCUT2D eigenvalue weighted by Gasteiger charge is -2.16. The summed E-state index contributed by atoms with van der Waals surface area (Å²) in [4.78, 5) is 12.8. The van der Waals surface area contributed by atoms with Crippen molar-refractivity contribution in [1.82, 2.24) is 4.90 Å². The fourth-order valence-electron chi connectivity index (χ4n) is 0.828. The van der Waals surface area contributed by atoms with E-state index < -0.39 is 6.09 Å². The van der Waals surface area contributed by atoms with Crippen molar-refractivity contribution in [2.75, 3.05) is 11.8 Å². The summed E-state index contributed by atoms with van der Waals surface area (Å²) in [6.45, 7) is 0. The average Bonchev–Trinajstić information content (AvgIpc) is 2.23. The number of carbonyl (C=O) groups excluding carboxylic acids is 1. The van der Waals surface area contributed by atoms with Crippen molar-refractivity contribution in [1.29, 1.82) is 0 Å². The molecule has 0 saturated carbocycles. The molecule has 3 nitrogen and oxygen atoms in total. The minimum absolute atomic E-state index is 0.277. The molecule has 0 aliphatic heterocycles. The summed E-state index contributed by atoms with van der Waals surface area (Å²) < 4.78 is 6.01. The number of nitrogens with zero attached hydrogens (tertiary/aromatic N) is 1. The van der Waals surface area contributed by atoms with Gasteiger partial charge >= 0.3 is 6.09 Å². The predicted molar refractivity (Wildman–Crippen MR) is 69.7 cm³/mol. The van der Waals surface area contributed by atoms with Crippen molar-refractivity contribution in [2.45, 2.75) is 0 Å². The Hall–Kier alpha value is -0.330. The van der Waals surface area contributed by atoms with Crippen LogP contribution in [0.2, 0.25) is 0 Å². The monoisotopic (exact) mass is 307 g/mol. The van der Waals surface area contributed by atoms with Crippen LogP contribution in [0.5, 0.6) is 5.75 Å². The molecule has 1 aromatic rings. The summed E-state index contributed by atoms with van der Waals surface area (Å²) in [5.74, 6) is 1.05. The Kier molecular flexibility index (Phi) is 5.35. The van der Waals surface area contributed by atoms with Gasteiger partial charge < -0.3 is 4.74 Å². The van der Waals surface area contributed by atoms with E-state index in [9.17, 15) is 4.79 Å². The zero-order valence-electron chi connectivity index (χ0n) is 7.76. The summed E-state index contributed by atoms with van der Waals surface area (Å²) in [5, 5.41) is 0. The fourth-order valence-corrected chi connectivity index (χ4v) is 1.68. The second kappa shape index (κ2) is 6.30. The summed E-state index contributed by atoms with van der Waals surface area (Å²) in [6.07, 6.45) is -0.456. The van der Waals surface area contributed by atoms with Gasteiger partial charge in [0.2, 0.25) is 0 Å². The van der Waals surface area contributed by atoms with E-state index in [2.05, 4.69) is 41.2 Å². The van der Waals surface area contributed by atoms with Gasteiger partial charge in [-0.15, -0.1) is 0 Å². The first kappa shape index (κ1) is 12.7. The molecule has 0 aliphatic rings. The van der Waals surface area contributed by atoms with E-state index in [4.69, 9.17) is 4.74 Å². The van der Waals surface area contributed by atoms with E-state index in [0.717, 1.165) is 4.47 Å². The maximum atomic E-state index is 11.5. The number of ether oxygens (including phenoxy) is 1. The van der Waals surface area contributed by atoms with Gasteiger partial charge in [-0.05, 0) is 24.3 Å². The lowest BCUT2D eigenvalue weighted by Crippen LogP contribution is -2.31. The van der Waals surface area contributed by atoms with Crippen LogP contribution in [0.1, 0.15) is 0 Å². The maximum Gasteiger partial charge on any atom is 0.416 e. The molecule has 0 N–H and O–H groups in total. The Bertz CT molecular complexity index is 327. The Morgan fingerprint density at radius 2 is 1.80 bits per heavy atom. The highest BCUT2D eigenvalue weighted by molar-refractivity contribution is 9.10. The smallest absolute Gasteiger partial charge is 0.410 e. The molecule has 0 saturated heterocycles. The molecule has 0 bridgehead atoms. The normalized spacial score (nSPS) is 9.80. The summed E-state index contributed by atoms with van der Waals surface area (Å²) in [6, 6.07) is 7.01. The highest BCUT2D eigenvalue weighted by Gasteiger charge is 2.12. The standard InChI is InChI=1S/C9H10BrNO2S2/c10-7-1-3-8(4-2-7)13-9(12)11(5-14)6-15/h1-4,14-15H,5-6H2. The number of carbonyl (C=O) groups is 1. The van der Waals surface area contributed by atoms with Gasteiger partial charge in [-0.2, -0.15) is 25.3 Å². The van der Waals surface area contributed by atoms with Crippen molar-refractivity contribution in [3.8, 4) is 5.75 Å². The Morgan fingerprint density at radius 1 is 1.27 bits per heavy atom. The Labute approximate surface area is 108 Å². The number of thiol groups is 2. The largest absolute Gasteiger partial charge is 0.416 e. The first-order valence-electron chi connectivity index (χ1n) is 4.11. The summed E-state index contributed by atoms with van der Waals surface area (Å²) in [5.41, 5.74) is 0. The highest BCUT2D eigenvalue weighted by Crippen LogP contribution is 2.17. The van der Waals surface area contributed by atoms with Gasteiger partial charge in [0, 0.05) is 4.47 Å². The molecule has 6 heteroatoms. The first-order chi connectivity index (χ1) is 7.17. The molecule has 0 spiro atoms. The van der Waals surface area contributed by atoms with Crippen LogP contribution in [-0.4, -0.2) is 22.7 Å². The molecule has 82 valence electrons. The van der Waals surface area contributed by atoms with Crippen LogP contribution in [0.25, 0.3) is 0 Å². The van der Waals surface area contributed by atoms with Crippen LogP contribution in [0, 0.1) is 0 Å². The van der Waals surface area contributed by atoms with E-state index >= 15 is 0 Å². The zero-order chi connectivity index (χ0) is 11.3. The van der Waals surface area contributed by atoms with Crippen molar-refractivity contribution < 1.29 is 9.53 Å². The number of halogens is 1. The SMILES string of the molecule is O=C(Oc1ccc(Br)cc1)N(CS)CS. The third-order valence-electron chi connectivity index (χ3n) is 1.62. The molecule has 0 aliphatic carbocycles. The minimum Gasteiger partial charge on any atom is -0.410 e. The minimum atomic E-state index is -0.456. The number of benzene rings is 1. The molecule has 1 rings (SSSR count). The van der Waals surface area contributed by atoms with Gasteiger partial charge in [-0.3, -0.25) is 4.90 Å². The number of hydrogen-bond acceptors (Lipinski definition) is 4. The van der Waals surface area contributed by atoms with Gasteiger partial charge in [0.1, 0.15) is 5.75 Å². The number of hydrogen-bond donors (Lipinski definition) is 2. The topological polar surface area (TPSA) is 29.5 Å². The van der Waals surface area contributed by atoms with Gasteiger partial charge in [0.15, 0.2) is 0 Å². The number of amides is 1. The fraction of sp³-hybridized carbons (Fsp3) is 0.222. The van der Waals surface area contributed by atoms with Gasteiger partial charge in [0.05, 0.1) is 11.8 Å². The lowest BCUT2D eigenvalue weighted by molar-refractivity contribution is 0.168. The highest BCUT2D eigenvalue weighted by atomic mass is 79.9. The molecule has 15 heavy (non-hydrogen) atoms. The summed E-state index contributed by atoms with van der Waals surface area (Å²) >= 11 is 11.3. The van der Waals surface area contributed by atoms with Crippen LogP contribution >= 0.6 is 41.2 Å². The Balaban J connectivity index is 2.61. The van der Waals surface area contributed by atoms with E-state index in [0.29, 0.717) is 5.75 Å². The lowest BCUT2D eigenvalue weighted by atomic mass is 10.3. The van der Waals surface area contributed by atoms with Crippen LogP contribution in [-0.2, 0) is 0 Å². The molecule has 0 heterocycles.